The molecule has 180 valence electrons. The molecule has 1 saturated heterocycles. The molecular weight excluding hydrogens is 449 g/mol. The van der Waals surface area contributed by atoms with Crippen molar-refractivity contribution >= 4 is 16.7 Å². The third-order valence-corrected chi connectivity index (χ3v) is 6.65. The van der Waals surface area contributed by atoms with Crippen molar-refractivity contribution in [3.63, 3.8) is 0 Å². The first kappa shape index (κ1) is 23.2. The molecule has 2 heterocycles. The number of alkyl halides is 3. The smallest absolute Gasteiger partial charge is 0.416 e. The summed E-state index contributed by atoms with van der Waals surface area (Å²) in [5.74, 6) is 2.24. The van der Waals surface area contributed by atoms with Gasteiger partial charge >= 0.3 is 6.18 Å². The van der Waals surface area contributed by atoms with Crippen LogP contribution >= 0.6 is 0 Å². The van der Waals surface area contributed by atoms with E-state index in [1.165, 1.54) is 17.7 Å². The van der Waals surface area contributed by atoms with Gasteiger partial charge in [0.05, 0.1) is 5.56 Å². The van der Waals surface area contributed by atoms with Gasteiger partial charge < -0.3 is 9.64 Å². The largest absolute Gasteiger partial charge is 0.487 e. The number of fused-ring (bicyclic) bond motifs is 1. The molecule has 0 saturated carbocycles. The summed E-state index contributed by atoms with van der Waals surface area (Å²) in [5, 5.41) is 0.970. The topological polar surface area (TPSA) is 25.4 Å². The number of rotatable bonds is 6. The van der Waals surface area contributed by atoms with Crippen LogP contribution in [0.3, 0.4) is 0 Å². The highest BCUT2D eigenvalue weighted by molar-refractivity contribution is 5.86. The molecule has 1 fully saturated rings. The minimum Gasteiger partial charge on any atom is -0.487 e. The highest BCUT2D eigenvalue weighted by Crippen LogP contribution is 2.31. The highest BCUT2D eigenvalue weighted by atomic mass is 19.4. The van der Waals surface area contributed by atoms with Gasteiger partial charge in [0.15, 0.2) is 0 Å². The molecule has 0 N–H and O–H groups in total. The molecule has 4 aromatic rings. The zero-order chi connectivity index (χ0) is 24.3. The molecule has 0 atom stereocenters. The number of halogens is 3. The van der Waals surface area contributed by atoms with E-state index in [2.05, 4.69) is 47.4 Å². The van der Waals surface area contributed by atoms with Crippen molar-refractivity contribution in [1.29, 1.82) is 0 Å². The Morgan fingerprint density at radius 2 is 1.54 bits per heavy atom. The highest BCUT2D eigenvalue weighted by Gasteiger charge is 2.30. The Labute approximate surface area is 203 Å². The SMILES string of the molecule is FC(F)(F)c1ccc(COc2cccc3ccc(N4CCC(Cc5ccccc5)CC4)nc23)cc1. The number of nitrogens with zero attached hydrogens (tertiary/aromatic N) is 2. The van der Waals surface area contributed by atoms with Gasteiger partial charge in [-0.3, -0.25) is 0 Å². The lowest BCUT2D eigenvalue weighted by molar-refractivity contribution is -0.137. The average molecular weight is 477 g/mol. The van der Waals surface area contributed by atoms with Gasteiger partial charge in [-0.15, -0.1) is 0 Å². The van der Waals surface area contributed by atoms with E-state index in [-0.39, 0.29) is 6.61 Å². The lowest BCUT2D eigenvalue weighted by Crippen LogP contribution is -2.34. The number of hydrogen-bond acceptors (Lipinski definition) is 3. The Morgan fingerprint density at radius 1 is 0.800 bits per heavy atom. The molecule has 0 bridgehead atoms. The van der Waals surface area contributed by atoms with Gasteiger partial charge in [-0.1, -0.05) is 54.6 Å². The van der Waals surface area contributed by atoms with Gasteiger partial charge in [0.1, 0.15) is 23.7 Å². The summed E-state index contributed by atoms with van der Waals surface area (Å²) < 4.78 is 44.4. The maximum Gasteiger partial charge on any atom is 0.416 e. The summed E-state index contributed by atoms with van der Waals surface area (Å²) >= 11 is 0. The number of hydrogen-bond donors (Lipinski definition) is 0. The fraction of sp³-hybridized carbons (Fsp3) is 0.276. The zero-order valence-corrected chi connectivity index (χ0v) is 19.3. The molecule has 1 aliphatic rings. The van der Waals surface area contributed by atoms with Crippen LogP contribution in [0.2, 0.25) is 0 Å². The maximum atomic E-state index is 12.8. The van der Waals surface area contributed by atoms with Crippen molar-refractivity contribution in [2.24, 2.45) is 5.92 Å². The predicted octanol–water partition coefficient (Wildman–Crippen LogP) is 7.29. The van der Waals surface area contributed by atoms with Crippen LogP contribution in [0.25, 0.3) is 10.9 Å². The molecule has 6 heteroatoms. The van der Waals surface area contributed by atoms with Crippen molar-refractivity contribution in [1.82, 2.24) is 4.98 Å². The summed E-state index contributed by atoms with van der Waals surface area (Å²) in [4.78, 5) is 7.25. The molecule has 0 radical (unpaired) electrons. The summed E-state index contributed by atoms with van der Waals surface area (Å²) in [7, 11) is 0. The van der Waals surface area contributed by atoms with Gasteiger partial charge in [-0.2, -0.15) is 13.2 Å². The molecule has 3 aromatic carbocycles. The second-order valence-electron chi connectivity index (χ2n) is 9.10. The van der Waals surface area contributed by atoms with E-state index < -0.39 is 11.7 Å². The van der Waals surface area contributed by atoms with Gasteiger partial charge in [0, 0.05) is 18.5 Å². The number of anilines is 1. The third kappa shape index (κ3) is 5.59. The van der Waals surface area contributed by atoms with Crippen molar-refractivity contribution in [2.75, 3.05) is 18.0 Å². The summed E-state index contributed by atoms with van der Waals surface area (Å²) in [6, 6.07) is 25.6. The van der Waals surface area contributed by atoms with Gasteiger partial charge in [0.25, 0.3) is 0 Å². The third-order valence-electron chi connectivity index (χ3n) is 6.65. The Morgan fingerprint density at radius 3 is 2.26 bits per heavy atom. The van der Waals surface area contributed by atoms with E-state index in [0.29, 0.717) is 17.2 Å². The Bertz CT molecular complexity index is 1260. The minimum atomic E-state index is -4.34. The number of benzene rings is 3. The van der Waals surface area contributed by atoms with Crippen molar-refractivity contribution in [3.8, 4) is 5.75 Å². The minimum absolute atomic E-state index is 0.175. The molecular formula is C29H27F3N2O. The van der Waals surface area contributed by atoms with Gasteiger partial charge in [0.2, 0.25) is 0 Å². The monoisotopic (exact) mass is 476 g/mol. The van der Waals surface area contributed by atoms with E-state index in [9.17, 15) is 13.2 Å². The van der Waals surface area contributed by atoms with Crippen LogP contribution in [0.15, 0.2) is 84.9 Å². The number of pyridine rings is 1. The average Bonchev–Trinajstić information content (AvgIpc) is 2.88. The first-order valence-corrected chi connectivity index (χ1v) is 11.9. The van der Waals surface area contributed by atoms with Gasteiger partial charge in [-0.25, -0.2) is 4.98 Å². The molecule has 1 aliphatic heterocycles. The fourth-order valence-corrected chi connectivity index (χ4v) is 4.67. The fourth-order valence-electron chi connectivity index (χ4n) is 4.67. The van der Waals surface area contributed by atoms with Crippen LogP contribution in [-0.4, -0.2) is 18.1 Å². The van der Waals surface area contributed by atoms with E-state index >= 15 is 0 Å². The van der Waals surface area contributed by atoms with Crippen LogP contribution in [0, 0.1) is 5.92 Å². The molecule has 35 heavy (non-hydrogen) atoms. The molecule has 0 spiro atoms. The summed E-state index contributed by atoms with van der Waals surface area (Å²) in [6.45, 7) is 2.10. The standard InChI is InChI=1S/C29H27F3N2O/c30-29(31,32)25-12-9-23(10-13-25)20-35-26-8-4-7-24-11-14-27(33-28(24)26)34-17-15-22(16-18-34)19-21-5-2-1-3-6-21/h1-14,22H,15-20H2. The first-order chi connectivity index (χ1) is 17.0. The van der Waals surface area contributed by atoms with Crippen molar-refractivity contribution < 1.29 is 17.9 Å². The maximum absolute atomic E-state index is 12.8. The molecule has 0 unspecified atom stereocenters. The lowest BCUT2D eigenvalue weighted by atomic mass is 9.90. The first-order valence-electron chi connectivity index (χ1n) is 11.9. The van der Waals surface area contributed by atoms with E-state index in [1.807, 2.05) is 18.2 Å². The van der Waals surface area contributed by atoms with Crippen molar-refractivity contribution in [3.05, 3.63) is 102 Å². The number of piperidine rings is 1. The molecule has 3 nitrogen and oxygen atoms in total. The quantitative estimate of drug-likeness (QED) is 0.292. The molecule has 5 rings (SSSR count). The van der Waals surface area contributed by atoms with Crippen LogP contribution in [-0.2, 0) is 19.2 Å². The number of ether oxygens (including phenoxy) is 1. The van der Waals surface area contributed by atoms with Gasteiger partial charge in [-0.05, 0) is 66.6 Å². The van der Waals surface area contributed by atoms with E-state index in [4.69, 9.17) is 9.72 Å². The van der Waals surface area contributed by atoms with Crippen LogP contribution in [0.5, 0.6) is 5.75 Å². The normalized spacial score (nSPS) is 14.9. The zero-order valence-electron chi connectivity index (χ0n) is 19.3. The van der Waals surface area contributed by atoms with Crippen LogP contribution < -0.4 is 9.64 Å². The Kier molecular flexibility index (Phi) is 6.62. The number of para-hydroxylation sites is 1. The lowest BCUT2D eigenvalue weighted by Gasteiger charge is -2.33. The van der Waals surface area contributed by atoms with Crippen molar-refractivity contribution in [2.45, 2.75) is 32.0 Å². The van der Waals surface area contributed by atoms with Crippen LogP contribution in [0.4, 0.5) is 19.0 Å². The molecule has 0 aliphatic carbocycles. The Balaban J connectivity index is 1.26. The van der Waals surface area contributed by atoms with Crippen LogP contribution in [0.1, 0.15) is 29.5 Å². The predicted molar refractivity (Wildman–Crippen MR) is 133 cm³/mol. The second-order valence-corrected chi connectivity index (χ2v) is 9.10. The molecule has 0 amide bonds. The Hall–Kier alpha value is -3.54. The second kappa shape index (κ2) is 9.98. The van der Waals surface area contributed by atoms with E-state index in [0.717, 1.165) is 61.2 Å². The molecule has 1 aromatic heterocycles. The summed E-state index contributed by atoms with van der Waals surface area (Å²) in [5.41, 5.74) is 2.17. The summed E-state index contributed by atoms with van der Waals surface area (Å²) in [6.07, 6.45) is -0.978. The number of aromatic nitrogens is 1. The van der Waals surface area contributed by atoms with E-state index in [1.54, 1.807) is 0 Å².